The van der Waals surface area contributed by atoms with Gasteiger partial charge in [-0.15, -0.1) is 0 Å². The van der Waals surface area contributed by atoms with Crippen LogP contribution in [0.25, 0.3) is 0 Å². The van der Waals surface area contributed by atoms with Crippen molar-refractivity contribution in [3.63, 3.8) is 0 Å². The van der Waals surface area contributed by atoms with E-state index in [-0.39, 0.29) is 18.1 Å². The van der Waals surface area contributed by atoms with Gasteiger partial charge in [0, 0.05) is 11.6 Å². The van der Waals surface area contributed by atoms with Crippen LogP contribution in [0.5, 0.6) is 5.75 Å². The molecule has 0 saturated heterocycles. The fourth-order valence-electron chi connectivity index (χ4n) is 1.42. The molecule has 2 nitrogen and oxygen atoms in total. The lowest BCUT2D eigenvalue weighted by molar-refractivity contribution is 0.301. The van der Waals surface area contributed by atoms with Gasteiger partial charge in [-0.1, -0.05) is 18.2 Å². The number of benzene rings is 2. The first-order chi connectivity index (χ1) is 8.16. The summed E-state index contributed by atoms with van der Waals surface area (Å²) in [4.78, 5) is 0. The SMILES string of the molecule is Nc1cc(F)ccc1OCc1ccccc1F. The number of nitrogens with two attached hydrogens (primary N) is 1. The summed E-state index contributed by atoms with van der Waals surface area (Å²) in [6.07, 6.45) is 0. The Kier molecular flexibility index (Phi) is 3.23. The molecule has 0 heterocycles. The minimum absolute atomic E-state index is 0.0580. The molecular formula is C13H11F2NO. The topological polar surface area (TPSA) is 35.2 Å². The molecule has 2 rings (SSSR count). The van der Waals surface area contributed by atoms with Gasteiger partial charge in [0.25, 0.3) is 0 Å². The minimum Gasteiger partial charge on any atom is -0.487 e. The monoisotopic (exact) mass is 235 g/mol. The van der Waals surface area contributed by atoms with Crippen molar-refractivity contribution in [2.24, 2.45) is 0 Å². The molecule has 17 heavy (non-hydrogen) atoms. The molecule has 0 fully saturated rings. The van der Waals surface area contributed by atoms with Crippen molar-refractivity contribution in [1.29, 1.82) is 0 Å². The van der Waals surface area contributed by atoms with Gasteiger partial charge < -0.3 is 10.5 Å². The molecule has 0 spiro atoms. The van der Waals surface area contributed by atoms with Crippen LogP contribution in [-0.2, 0) is 6.61 Å². The highest BCUT2D eigenvalue weighted by Crippen LogP contribution is 2.23. The van der Waals surface area contributed by atoms with Gasteiger partial charge in [-0.05, 0) is 18.2 Å². The maximum Gasteiger partial charge on any atom is 0.142 e. The molecule has 88 valence electrons. The Bertz CT molecular complexity index is 529. The molecule has 2 N–H and O–H groups in total. The fourth-order valence-corrected chi connectivity index (χ4v) is 1.42. The van der Waals surface area contributed by atoms with Gasteiger partial charge in [0.2, 0.25) is 0 Å². The number of halogens is 2. The third-order valence-corrected chi connectivity index (χ3v) is 2.31. The molecular weight excluding hydrogens is 224 g/mol. The van der Waals surface area contributed by atoms with Gasteiger partial charge in [-0.25, -0.2) is 8.78 Å². The van der Waals surface area contributed by atoms with E-state index in [1.54, 1.807) is 18.2 Å². The first kappa shape index (κ1) is 11.4. The van der Waals surface area contributed by atoms with Crippen LogP contribution in [0.3, 0.4) is 0 Å². The Balaban J connectivity index is 2.10. The van der Waals surface area contributed by atoms with E-state index in [4.69, 9.17) is 10.5 Å². The van der Waals surface area contributed by atoms with Crippen molar-refractivity contribution in [1.82, 2.24) is 0 Å². The Labute approximate surface area is 97.6 Å². The van der Waals surface area contributed by atoms with E-state index < -0.39 is 5.82 Å². The number of anilines is 1. The maximum atomic E-state index is 13.3. The van der Waals surface area contributed by atoms with Crippen LogP contribution in [0.4, 0.5) is 14.5 Å². The zero-order chi connectivity index (χ0) is 12.3. The number of nitrogen functional groups attached to an aromatic ring is 1. The molecule has 0 amide bonds. The van der Waals surface area contributed by atoms with Gasteiger partial charge in [-0.3, -0.25) is 0 Å². The summed E-state index contributed by atoms with van der Waals surface area (Å²) in [6, 6.07) is 10.1. The Morgan fingerprint density at radius 2 is 1.82 bits per heavy atom. The van der Waals surface area contributed by atoms with Crippen LogP contribution >= 0.6 is 0 Å². The van der Waals surface area contributed by atoms with Crippen molar-refractivity contribution in [2.45, 2.75) is 6.61 Å². The molecule has 0 atom stereocenters. The van der Waals surface area contributed by atoms with Gasteiger partial charge in [0.15, 0.2) is 0 Å². The summed E-state index contributed by atoms with van der Waals surface area (Å²) in [5.74, 6) is -0.427. The lowest BCUT2D eigenvalue weighted by atomic mass is 10.2. The second-order valence-corrected chi connectivity index (χ2v) is 3.56. The summed E-state index contributed by atoms with van der Waals surface area (Å²) in [6.45, 7) is 0.0580. The molecule has 0 saturated carbocycles. The van der Waals surface area contributed by atoms with Crippen LogP contribution in [0.1, 0.15) is 5.56 Å². The highest BCUT2D eigenvalue weighted by molar-refractivity contribution is 5.52. The zero-order valence-corrected chi connectivity index (χ0v) is 8.99. The summed E-state index contributed by atoms with van der Waals surface area (Å²) >= 11 is 0. The third kappa shape index (κ3) is 2.72. The maximum absolute atomic E-state index is 13.3. The Hall–Kier alpha value is -2.10. The Morgan fingerprint density at radius 1 is 1.06 bits per heavy atom. The molecule has 0 radical (unpaired) electrons. The molecule has 2 aromatic rings. The predicted octanol–water partition coefficient (Wildman–Crippen LogP) is 3.13. The van der Waals surface area contributed by atoms with Gasteiger partial charge in [0.05, 0.1) is 5.69 Å². The molecule has 4 heteroatoms. The standard InChI is InChI=1S/C13H11F2NO/c14-10-5-6-13(12(16)7-10)17-8-9-3-1-2-4-11(9)15/h1-7H,8,16H2. The first-order valence-electron chi connectivity index (χ1n) is 5.08. The van der Waals surface area contributed by atoms with Crippen LogP contribution in [0.15, 0.2) is 42.5 Å². The minimum atomic E-state index is -0.430. The van der Waals surface area contributed by atoms with E-state index in [0.29, 0.717) is 11.3 Å². The number of hydrogen-bond donors (Lipinski definition) is 1. The average molecular weight is 235 g/mol. The molecule has 0 aliphatic carbocycles. The zero-order valence-electron chi connectivity index (χ0n) is 8.99. The normalized spacial score (nSPS) is 10.2. The first-order valence-corrected chi connectivity index (χ1v) is 5.08. The third-order valence-electron chi connectivity index (χ3n) is 2.31. The van der Waals surface area contributed by atoms with Crippen molar-refractivity contribution < 1.29 is 13.5 Å². The summed E-state index contributed by atoms with van der Waals surface area (Å²) in [7, 11) is 0. The van der Waals surface area contributed by atoms with Crippen molar-refractivity contribution in [2.75, 3.05) is 5.73 Å². The van der Waals surface area contributed by atoms with E-state index >= 15 is 0 Å². The molecule has 0 aliphatic rings. The van der Waals surface area contributed by atoms with Crippen molar-refractivity contribution in [3.8, 4) is 5.75 Å². The highest BCUT2D eigenvalue weighted by Gasteiger charge is 2.05. The lowest BCUT2D eigenvalue weighted by Crippen LogP contribution is -2.00. The van der Waals surface area contributed by atoms with E-state index in [1.165, 1.54) is 18.2 Å². The van der Waals surface area contributed by atoms with Gasteiger partial charge in [-0.2, -0.15) is 0 Å². The number of ether oxygens (including phenoxy) is 1. The summed E-state index contributed by atoms with van der Waals surface area (Å²) in [5, 5.41) is 0. The average Bonchev–Trinajstić information content (AvgIpc) is 2.30. The molecule has 2 aromatic carbocycles. The fraction of sp³-hybridized carbons (Fsp3) is 0.0769. The quantitative estimate of drug-likeness (QED) is 0.829. The summed E-state index contributed by atoms with van der Waals surface area (Å²) < 4.78 is 31.4. The molecule has 0 unspecified atom stereocenters. The van der Waals surface area contributed by atoms with E-state index in [1.807, 2.05) is 0 Å². The summed E-state index contributed by atoms with van der Waals surface area (Å²) in [5.41, 5.74) is 6.19. The van der Waals surface area contributed by atoms with Crippen molar-refractivity contribution >= 4 is 5.69 Å². The van der Waals surface area contributed by atoms with Crippen LogP contribution < -0.4 is 10.5 Å². The van der Waals surface area contributed by atoms with E-state index in [2.05, 4.69) is 0 Å². The van der Waals surface area contributed by atoms with Crippen LogP contribution in [0, 0.1) is 11.6 Å². The number of hydrogen-bond acceptors (Lipinski definition) is 2. The lowest BCUT2D eigenvalue weighted by Gasteiger charge is -2.09. The smallest absolute Gasteiger partial charge is 0.142 e. The molecule has 0 bridgehead atoms. The van der Waals surface area contributed by atoms with E-state index in [0.717, 1.165) is 6.07 Å². The van der Waals surface area contributed by atoms with Crippen LogP contribution in [-0.4, -0.2) is 0 Å². The second kappa shape index (κ2) is 4.82. The van der Waals surface area contributed by atoms with Gasteiger partial charge >= 0.3 is 0 Å². The number of rotatable bonds is 3. The van der Waals surface area contributed by atoms with Crippen LogP contribution in [0.2, 0.25) is 0 Å². The molecule has 0 aromatic heterocycles. The predicted molar refractivity (Wildman–Crippen MR) is 61.5 cm³/mol. The largest absolute Gasteiger partial charge is 0.487 e. The Morgan fingerprint density at radius 3 is 2.53 bits per heavy atom. The highest BCUT2D eigenvalue weighted by atomic mass is 19.1. The molecule has 0 aliphatic heterocycles. The van der Waals surface area contributed by atoms with E-state index in [9.17, 15) is 8.78 Å². The second-order valence-electron chi connectivity index (χ2n) is 3.56. The van der Waals surface area contributed by atoms with Gasteiger partial charge in [0.1, 0.15) is 24.0 Å². The van der Waals surface area contributed by atoms with Crippen molar-refractivity contribution in [3.05, 3.63) is 59.7 Å².